The summed E-state index contributed by atoms with van der Waals surface area (Å²) in [6, 6.07) is 14.8. The lowest BCUT2D eigenvalue weighted by atomic mass is 10.1. The minimum Gasteiger partial charge on any atom is -0.449 e. The molecular weight excluding hydrogens is 366 g/mol. The Kier molecular flexibility index (Phi) is 5.16. The SMILES string of the molecule is Cc1ccnn1-c1ccc(C(=O)O[C@H](C)C(=O)Nc2ccc3c(c2)CCC3)cc1. The number of aryl methyl sites for hydroxylation is 3. The zero-order valence-electron chi connectivity index (χ0n) is 16.5. The fourth-order valence-corrected chi connectivity index (χ4v) is 3.55. The first-order chi connectivity index (χ1) is 14.0. The Morgan fingerprint density at radius 1 is 1.07 bits per heavy atom. The maximum atomic E-state index is 12.4. The van der Waals surface area contributed by atoms with Crippen molar-refractivity contribution < 1.29 is 14.3 Å². The van der Waals surface area contributed by atoms with E-state index in [-0.39, 0.29) is 5.91 Å². The van der Waals surface area contributed by atoms with Gasteiger partial charge in [-0.1, -0.05) is 6.07 Å². The average molecular weight is 389 g/mol. The van der Waals surface area contributed by atoms with Crippen molar-refractivity contribution in [3.63, 3.8) is 0 Å². The number of anilines is 1. The molecule has 0 radical (unpaired) electrons. The Morgan fingerprint density at radius 3 is 2.55 bits per heavy atom. The van der Waals surface area contributed by atoms with E-state index in [0.717, 1.165) is 36.3 Å². The van der Waals surface area contributed by atoms with Crippen molar-refractivity contribution in [3.05, 3.63) is 77.1 Å². The van der Waals surface area contributed by atoms with Crippen molar-refractivity contribution in [1.82, 2.24) is 9.78 Å². The lowest BCUT2D eigenvalue weighted by Crippen LogP contribution is -2.30. The molecule has 0 bridgehead atoms. The van der Waals surface area contributed by atoms with Crippen LogP contribution in [0.15, 0.2) is 54.7 Å². The third-order valence-corrected chi connectivity index (χ3v) is 5.20. The summed E-state index contributed by atoms with van der Waals surface area (Å²) >= 11 is 0. The predicted octanol–water partition coefficient (Wildman–Crippen LogP) is 3.85. The van der Waals surface area contributed by atoms with Crippen molar-refractivity contribution in [2.45, 2.75) is 39.2 Å². The first kappa shape index (κ1) is 18.9. The number of rotatable bonds is 5. The van der Waals surface area contributed by atoms with Crippen LogP contribution < -0.4 is 5.32 Å². The normalized spacial score (nSPS) is 13.6. The van der Waals surface area contributed by atoms with Gasteiger partial charge < -0.3 is 10.1 Å². The zero-order valence-corrected chi connectivity index (χ0v) is 16.5. The smallest absolute Gasteiger partial charge is 0.338 e. The van der Waals surface area contributed by atoms with E-state index in [2.05, 4.69) is 16.5 Å². The number of amides is 1. The first-order valence-corrected chi connectivity index (χ1v) is 9.76. The van der Waals surface area contributed by atoms with Crippen LogP contribution in [-0.2, 0) is 22.4 Å². The number of carbonyl (C=O) groups is 2. The topological polar surface area (TPSA) is 73.2 Å². The molecule has 0 unspecified atom stereocenters. The lowest BCUT2D eigenvalue weighted by Gasteiger charge is -2.14. The van der Waals surface area contributed by atoms with Gasteiger partial charge in [-0.25, -0.2) is 9.48 Å². The molecule has 1 heterocycles. The van der Waals surface area contributed by atoms with E-state index in [1.807, 2.05) is 25.1 Å². The van der Waals surface area contributed by atoms with Gasteiger partial charge in [0.1, 0.15) is 0 Å². The van der Waals surface area contributed by atoms with Gasteiger partial charge in [-0.15, -0.1) is 0 Å². The monoisotopic (exact) mass is 389 g/mol. The molecule has 1 aromatic heterocycles. The van der Waals surface area contributed by atoms with Gasteiger partial charge in [-0.3, -0.25) is 4.79 Å². The molecule has 0 saturated carbocycles. The molecule has 0 spiro atoms. The number of nitrogens with zero attached hydrogens (tertiary/aromatic N) is 2. The molecule has 2 aromatic carbocycles. The number of nitrogens with one attached hydrogen (secondary N) is 1. The molecule has 1 aliphatic carbocycles. The quantitative estimate of drug-likeness (QED) is 0.673. The highest BCUT2D eigenvalue weighted by Gasteiger charge is 2.20. The largest absolute Gasteiger partial charge is 0.449 e. The molecule has 1 amide bonds. The summed E-state index contributed by atoms with van der Waals surface area (Å²) in [5.74, 6) is -0.884. The third kappa shape index (κ3) is 4.06. The molecule has 0 fully saturated rings. The molecule has 1 N–H and O–H groups in total. The summed E-state index contributed by atoms with van der Waals surface area (Å²) in [6.07, 6.45) is 4.11. The van der Waals surface area contributed by atoms with Crippen LogP contribution >= 0.6 is 0 Å². The maximum Gasteiger partial charge on any atom is 0.338 e. The van der Waals surface area contributed by atoms with E-state index < -0.39 is 12.1 Å². The summed E-state index contributed by atoms with van der Waals surface area (Å²) in [7, 11) is 0. The standard InChI is InChI=1S/C23H23N3O3/c1-15-12-13-24-26(15)21-10-7-18(8-11-21)23(28)29-16(2)22(27)25-20-9-6-17-4-3-5-19(17)14-20/h6-14,16H,3-5H2,1-2H3,(H,25,27)/t16-/m1/s1. The van der Waals surface area contributed by atoms with E-state index in [4.69, 9.17) is 4.74 Å². The summed E-state index contributed by atoms with van der Waals surface area (Å²) in [5.41, 5.74) is 5.59. The van der Waals surface area contributed by atoms with Crippen LogP contribution in [0.25, 0.3) is 5.69 Å². The van der Waals surface area contributed by atoms with Crippen molar-refractivity contribution in [2.75, 3.05) is 5.32 Å². The summed E-state index contributed by atoms with van der Waals surface area (Å²) in [4.78, 5) is 24.8. The molecule has 148 valence electrons. The molecule has 29 heavy (non-hydrogen) atoms. The molecule has 1 aliphatic rings. The number of ether oxygens (including phenoxy) is 1. The number of benzene rings is 2. The summed E-state index contributed by atoms with van der Waals surface area (Å²) in [5, 5.41) is 7.08. The van der Waals surface area contributed by atoms with Crippen molar-refractivity contribution in [2.24, 2.45) is 0 Å². The molecule has 6 heteroatoms. The Morgan fingerprint density at radius 2 is 1.83 bits per heavy atom. The van der Waals surface area contributed by atoms with E-state index in [1.165, 1.54) is 11.1 Å². The average Bonchev–Trinajstić information content (AvgIpc) is 3.36. The van der Waals surface area contributed by atoms with Gasteiger partial charge in [0.25, 0.3) is 5.91 Å². The number of hydrogen-bond donors (Lipinski definition) is 1. The van der Waals surface area contributed by atoms with Crippen LogP contribution in [0.3, 0.4) is 0 Å². The van der Waals surface area contributed by atoms with Gasteiger partial charge in [0.15, 0.2) is 6.10 Å². The second-order valence-corrected chi connectivity index (χ2v) is 7.31. The van der Waals surface area contributed by atoms with E-state index in [0.29, 0.717) is 5.56 Å². The van der Waals surface area contributed by atoms with Crippen LogP contribution in [0, 0.1) is 6.92 Å². The minimum atomic E-state index is -0.899. The van der Waals surface area contributed by atoms with E-state index >= 15 is 0 Å². The second-order valence-electron chi connectivity index (χ2n) is 7.31. The highest BCUT2D eigenvalue weighted by molar-refractivity contribution is 5.97. The van der Waals surface area contributed by atoms with Gasteiger partial charge in [0.2, 0.25) is 0 Å². The number of fused-ring (bicyclic) bond motifs is 1. The van der Waals surface area contributed by atoms with Crippen molar-refractivity contribution in [1.29, 1.82) is 0 Å². The number of aromatic nitrogens is 2. The highest BCUT2D eigenvalue weighted by Crippen LogP contribution is 2.25. The molecular formula is C23H23N3O3. The van der Waals surface area contributed by atoms with E-state index in [1.54, 1.807) is 42.1 Å². The van der Waals surface area contributed by atoms with Gasteiger partial charge in [-0.2, -0.15) is 5.10 Å². The molecule has 3 aromatic rings. The van der Waals surface area contributed by atoms with Crippen molar-refractivity contribution in [3.8, 4) is 5.69 Å². The van der Waals surface area contributed by atoms with Crippen LogP contribution in [0.2, 0.25) is 0 Å². The Bertz CT molecular complexity index is 1050. The molecule has 4 rings (SSSR count). The zero-order chi connectivity index (χ0) is 20.4. The van der Waals surface area contributed by atoms with Crippen LogP contribution in [0.5, 0.6) is 0 Å². The van der Waals surface area contributed by atoms with Crippen LogP contribution in [0.1, 0.15) is 40.5 Å². The maximum absolute atomic E-state index is 12.4. The first-order valence-electron chi connectivity index (χ1n) is 9.76. The molecule has 1 atom stereocenters. The van der Waals surface area contributed by atoms with Gasteiger partial charge in [-0.05, 0) is 86.7 Å². The summed E-state index contributed by atoms with van der Waals surface area (Å²) in [6.45, 7) is 3.53. The number of carbonyl (C=O) groups excluding carboxylic acids is 2. The second kappa shape index (κ2) is 7.91. The van der Waals surface area contributed by atoms with Crippen LogP contribution in [-0.4, -0.2) is 27.8 Å². The van der Waals surface area contributed by atoms with Crippen molar-refractivity contribution >= 4 is 17.6 Å². The molecule has 0 saturated heterocycles. The number of hydrogen-bond acceptors (Lipinski definition) is 4. The van der Waals surface area contributed by atoms with Gasteiger partial charge in [0, 0.05) is 17.6 Å². The third-order valence-electron chi connectivity index (χ3n) is 5.20. The Labute approximate surface area is 169 Å². The fourth-order valence-electron chi connectivity index (χ4n) is 3.55. The number of esters is 1. The molecule has 0 aliphatic heterocycles. The van der Waals surface area contributed by atoms with E-state index in [9.17, 15) is 9.59 Å². The van der Waals surface area contributed by atoms with Gasteiger partial charge in [0.05, 0.1) is 11.3 Å². The Hall–Kier alpha value is -3.41. The lowest BCUT2D eigenvalue weighted by molar-refractivity contribution is -0.123. The highest BCUT2D eigenvalue weighted by atomic mass is 16.5. The van der Waals surface area contributed by atoms with Crippen LogP contribution in [0.4, 0.5) is 5.69 Å². The van der Waals surface area contributed by atoms with Gasteiger partial charge >= 0.3 is 5.97 Å². The Balaban J connectivity index is 1.37. The predicted molar refractivity (Wildman–Crippen MR) is 110 cm³/mol. The fraction of sp³-hybridized carbons (Fsp3) is 0.261. The summed E-state index contributed by atoms with van der Waals surface area (Å²) < 4.78 is 7.12. The minimum absolute atomic E-state index is 0.347. The molecule has 6 nitrogen and oxygen atoms in total.